The molecule has 1 saturated heterocycles. The van der Waals surface area contributed by atoms with E-state index in [1.807, 2.05) is 43.3 Å². The fraction of sp³-hybridized carbons (Fsp3) is 0.350. The van der Waals surface area contributed by atoms with E-state index < -0.39 is 10.0 Å². The monoisotopic (exact) mass is 498 g/mol. The highest BCUT2D eigenvalue weighted by molar-refractivity contribution is 14.1. The Morgan fingerprint density at radius 1 is 1.15 bits per heavy atom. The Kier molecular flexibility index (Phi) is 6.22. The lowest BCUT2D eigenvalue weighted by atomic mass is 9.99. The first-order valence-corrected chi connectivity index (χ1v) is 11.4. The van der Waals surface area contributed by atoms with Crippen LogP contribution in [0.2, 0.25) is 0 Å². The minimum Gasteiger partial charge on any atom is -0.326 e. The molecular formula is C20H23IN2O3S. The zero-order valence-electron chi connectivity index (χ0n) is 15.4. The molecule has 0 bridgehead atoms. The molecule has 144 valence electrons. The minimum absolute atomic E-state index is 0.128. The average molecular weight is 498 g/mol. The van der Waals surface area contributed by atoms with Crippen molar-refractivity contribution in [3.8, 4) is 0 Å². The van der Waals surface area contributed by atoms with Crippen LogP contribution in [0, 0.1) is 23.3 Å². The third kappa shape index (κ3) is 4.70. The van der Waals surface area contributed by atoms with Gasteiger partial charge in [0.25, 0.3) is 0 Å². The number of amides is 1. The highest BCUT2D eigenvalue weighted by Gasteiger charge is 2.34. The number of hydrogen-bond donors (Lipinski definition) is 1. The summed E-state index contributed by atoms with van der Waals surface area (Å²) in [4.78, 5) is 13.0. The zero-order chi connectivity index (χ0) is 19.6. The number of nitrogens with one attached hydrogen (secondary N) is 1. The molecule has 1 N–H and O–H groups in total. The van der Waals surface area contributed by atoms with Crippen molar-refractivity contribution < 1.29 is 13.2 Å². The van der Waals surface area contributed by atoms with Crippen molar-refractivity contribution in [1.82, 2.24) is 4.31 Å². The topological polar surface area (TPSA) is 66.5 Å². The summed E-state index contributed by atoms with van der Waals surface area (Å²) in [5, 5.41) is 2.91. The van der Waals surface area contributed by atoms with Crippen LogP contribution < -0.4 is 5.32 Å². The van der Waals surface area contributed by atoms with Crippen LogP contribution in [0.25, 0.3) is 0 Å². The summed E-state index contributed by atoms with van der Waals surface area (Å²) in [6.45, 7) is 4.35. The van der Waals surface area contributed by atoms with Gasteiger partial charge in [0.2, 0.25) is 15.9 Å². The van der Waals surface area contributed by atoms with Gasteiger partial charge in [-0.05, 0) is 90.7 Å². The number of nitrogens with zero attached hydrogens (tertiary/aromatic N) is 1. The van der Waals surface area contributed by atoms with Crippen molar-refractivity contribution in [2.75, 3.05) is 18.4 Å². The Hall–Kier alpha value is -1.45. The summed E-state index contributed by atoms with van der Waals surface area (Å²) in [7, 11) is -3.61. The predicted molar refractivity (Wildman–Crippen MR) is 115 cm³/mol. The zero-order valence-corrected chi connectivity index (χ0v) is 18.4. The van der Waals surface area contributed by atoms with E-state index in [4.69, 9.17) is 0 Å². The Labute approximate surface area is 174 Å². The Morgan fingerprint density at radius 2 is 1.85 bits per heavy atom. The molecule has 0 aliphatic carbocycles. The van der Waals surface area contributed by atoms with E-state index in [9.17, 15) is 13.2 Å². The molecule has 7 heteroatoms. The third-order valence-electron chi connectivity index (χ3n) is 4.83. The molecule has 1 aliphatic heterocycles. The number of carbonyl (C=O) groups is 1. The summed E-state index contributed by atoms with van der Waals surface area (Å²) in [6.07, 6.45) is 1.36. The second-order valence-corrected chi connectivity index (χ2v) is 10.1. The van der Waals surface area contributed by atoms with Gasteiger partial charge in [-0.25, -0.2) is 8.42 Å². The van der Waals surface area contributed by atoms with E-state index in [0.717, 1.165) is 20.4 Å². The highest BCUT2D eigenvalue weighted by Crippen LogP contribution is 2.27. The molecule has 1 heterocycles. The Balaban J connectivity index is 1.76. The van der Waals surface area contributed by atoms with E-state index in [0.29, 0.717) is 24.3 Å². The Morgan fingerprint density at radius 3 is 2.56 bits per heavy atom. The molecule has 0 spiro atoms. The number of halogens is 1. The molecule has 0 radical (unpaired) electrons. The lowest BCUT2D eigenvalue weighted by Crippen LogP contribution is -2.43. The smallest absolute Gasteiger partial charge is 0.243 e. The van der Waals surface area contributed by atoms with Crippen LogP contribution in [0.15, 0.2) is 47.4 Å². The fourth-order valence-electron chi connectivity index (χ4n) is 3.28. The molecule has 1 aliphatic rings. The normalized spacial score (nSPS) is 18.3. The van der Waals surface area contributed by atoms with Gasteiger partial charge in [-0.3, -0.25) is 4.79 Å². The van der Waals surface area contributed by atoms with E-state index >= 15 is 0 Å². The van der Waals surface area contributed by atoms with Gasteiger partial charge in [0.15, 0.2) is 0 Å². The lowest BCUT2D eigenvalue weighted by molar-refractivity contribution is -0.120. The molecule has 1 fully saturated rings. The van der Waals surface area contributed by atoms with Crippen molar-refractivity contribution in [3.63, 3.8) is 0 Å². The van der Waals surface area contributed by atoms with Gasteiger partial charge in [0, 0.05) is 22.3 Å². The molecule has 0 aromatic heterocycles. The molecular weight excluding hydrogens is 475 g/mol. The van der Waals surface area contributed by atoms with Crippen LogP contribution in [0.3, 0.4) is 0 Å². The molecule has 3 rings (SSSR count). The van der Waals surface area contributed by atoms with Gasteiger partial charge in [0.05, 0.1) is 10.8 Å². The molecule has 27 heavy (non-hydrogen) atoms. The maximum atomic E-state index is 13.1. The summed E-state index contributed by atoms with van der Waals surface area (Å²) in [6, 6.07) is 13.0. The quantitative estimate of drug-likeness (QED) is 0.650. The van der Waals surface area contributed by atoms with Gasteiger partial charge in [-0.2, -0.15) is 4.31 Å². The van der Waals surface area contributed by atoms with E-state index in [-0.39, 0.29) is 18.4 Å². The second-order valence-electron chi connectivity index (χ2n) is 6.97. The number of anilines is 1. The maximum absolute atomic E-state index is 13.1. The Bertz CT molecular complexity index is 942. The van der Waals surface area contributed by atoms with Crippen LogP contribution in [-0.4, -0.2) is 31.7 Å². The minimum atomic E-state index is -3.61. The van der Waals surface area contributed by atoms with Gasteiger partial charge in [-0.1, -0.05) is 12.1 Å². The SMILES string of the molecule is Cc1ccc(C)c(S(=O)(=O)N2CCC[C@H](C(=O)Nc3ccc(I)cc3)C2)c1. The van der Waals surface area contributed by atoms with Gasteiger partial charge >= 0.3 is 0 Å². The summed E-state index contributed by atoms with van der Waals surface area (Å²) in [5.74, 6) is -0.477. The van der Waals surface area contributed by atoms with Gasteiger partial charge < -0.3 is 5.32 Å². The van der Waals surface area contributed by atoms with Crippen LogP contribution in [0.4, 0.5) is 5.69 Å². The van der Waals surface area contributed by atoms with Crippen molar-refractivity contribution in [1.29, 1.82) is 0 Å². The first-order chi connectivity index (χ1) is 12.8. The molecule has 0 saturated carbocycles. The van der Waals surface area contributed by atoms with E-state index in [1.54, 1.807) is 13.0 Å². The first-order valence-electron chi connectivity index (χ1n) is 8.91. The van der Waals surface area contributed by atoms with E-state index in [2.05, 4.69) is 27.9 Å². The van der Waals surface area contributed by atoms with Crippen LogP contribution >= 0.6 is 22.6 Å². The van der Waals surface area contributed by atoms with Crippen LogP contribution in [0.5, 0.6) is 0 Å². The molecule has 1 atom stereocenters. The van der Waals surface area contributed by atoms with Crippen LogP contribution in [0.1, 0.15) is 24.0 Å². The third-order valence-corrected chi connectivity index (χ3v) is 7.55. The second kappa shape index (κ2) is 8.28. The fourth-order valence-corrected chi connectivity index (χ4v) is 5.47. The van der Waals surface area contributed by atoms with Crippen LogP contribution in [-0.2, 0) is 14.8 Å². The number of aryl methyl sites for hydroxylation is 2. The molecule has 5 nitrogen and oxygen atoms in total. The van der Waals surface area contributed by atoms with Crippen molar-refractivity contribution in [2.24, 2.45) is 5.92 Å². The number of hydrogen-bond acceptors (Lipinski definition) is 3. The standard InChI is InChI=1S/C20H23IN2O3S/c1-14-5-6-15(2)19(12-14)27(25,26)23-11-3-4-16(13-23)20(24)22-18-9-7-17(21)8-10-18/h5-10,12,16H,3-4,11,13H2,1-2H3,(H,22,24)/t16-/m0/s1. The number of sulfonamides is 1. The summed E-state index contributed by atoms with van der Waals surface area (Å²) >= 11 is 2.21. The summed E-state index contributed by atoms with van der Waals surface area (Å²) in [5.41, 5.74) is 2.37. The van der Waals surface area contributed by atoms with Crippen molar-refractivity contribution >= 4 is 44.2 Å². The average Bonchev–Trinajstić information content (AvgIpc) is 2.65. The van der Waals surface area contributed by atoms with Crippen molar-refractivity contribution in [2.45, 2.75) is 31.6 Å². The number of carbonyl (C=O) groups excluding carboxylic acids is 1. The molecule has 2 aromatic rings. The highest BCUT2D eigenvalue weighted by atomic mass is 127. The van der Waals surface area contributed by atoms with Gasteiger partial charge in [-0.15, -0.1) is 0 Å². The number of piperidine rings is 1. The number of rotatable bonds is 4. The maximum Gasteiger partial charge on any atom is 0.243 e. The number of benzene rings is 2. The lowest BCUT2D eigenvalue weighted by Gasteiger charge is -2.31. The predicted octanol–water partition coefficient (Wildman–Crippen LogP) is 3.95. The van der Waals surface area contributed by atoms with E-state index in [1.165, 1.54) is 4.31 Å². The van der Waals surface area contributed by atoms with Crippen molar-refractivity contribution in [3.05, 3.63) is 57.2 Å². The first kappa shape index (κ1) is 20.3. The molecule has 2 aromatic carbocycles. The molecule has 1 amide bonds. The molecule has 0 unspecified atom stereocenters. The van der Waals surface area contributed by atoms with Gasteiger partial charge in [0.1, 0.15) is 0 Å². The largest absolute Gasteiger partial charge is 0.326 e. The summed E-state index contributed by atoms with van der Waals surface area (Å²) < 4.78 is 28.8.